The van der Waals surface area contributed by atoms with Gasteiger partial charge < -0.3 is 9.84 Å². The van der Waals surface area contributed by atoms with E-state index in [4.69, 9.17) is 9.84 Å². The molecule has 0 spiro atoms. The van der Waals surface area contributed by atoms with Crippen LogP contribution in [-0.4, -0.2) is 48.8 Å². The molecular weight excluding hydrogens is 206 g/mol. The quantitative estimate of drug-likeness (QED) is 0.713. The van der Waals surface area contributed by atoms with Gasteiger partial charge in [-0.05, 0) is 13.5 Å². The number of rotatable bonds is 4. The van der Waals surface area contributed by atoms with Crippen LogP contribution in [0.5, 0.6) is 0 Å². The van der Waals surface area contributed by atoms with Crippen LogP contribution in [0.2, 0.25) is 0 Å². The van der Waals surface area contributed by atoms with Crippen molar-refractivity contribution in [1.82, 2.24) is 4.90 Å². The zero-order valence-corrected chi connectivity index (χ0v) is 9.00. The summed E-state index contributed by atoms with van der Waals surface area (Å²) < 4.78 is 5.22. The van der Waals surface area contributed by atoms with Crippen LogP contribution in [-0.2, 0) is 9.53 Å². The second-order valence-corrected chi connectivity index (χ2v) is 3.20. The first kappa shape index (κ1) is 13.4. The number of likely N-dealkylation sites (N-methyl/N-ethyl adjacent to an activating group) is 1. The topological polar surface area (TPSA) is 49.8 Å². The average molecular weight is 222 g/mol. The Morgan fingerprint density at radius 3 is 2.93 bits per heavy atom. The summed E-state index contributed by atoms with van der Waals surface area (Å²) in [5.74, 6) is -0.893. The lowest BCUT2D eigenvalue weighted by molar-refractivity contribution is -0.131. The smallest absolute Gasteiger partial charge is 0.328 e. The SMILES string of the molecule is CN(C/C=C/C(=O)O)C1CCOC1.Cl. The van der Waals surface area contributed by atoms with Gasteiger partial charge in [0.05, 0.1) is 6.61 Å². The van der Waals surface area contributed by atoms with E-state index in [0.29, 0.717) is 12.6 Å². The van der Waals surface area contributed by atoms with E-state index in [9.17, 15) is 4.79 Å². The van der Waals surface area contributed by atoms with Crippen LogP contribution in [0.25, 0.3) is 0 Å². The minimum Gasteiger partial charge on any atom is -0.478 e. The fourth-order valence-electron chi connectivity index (χ4n) is 1.34. The summed E-state index contributed by atoms with van der Waals surface area (Å²) in [4.78, 5) is 12.3. The molecule has 1 saturated heterocycles. The van der Waals surface area contributed by atoms with Crippen molar-refractivity contribution in [3.8, 4) is 0 Å². The molecule has 1 unspecified atom stereocenters. The Kier molecular flexibility index (Phi) is 6.53. The number of carboxylic acid groups (broad SMARTS) is 1. The summed E-state index contributed by atoms with van der Waals surface area (Å²) in [6, 6.07) is 0.443. The van der Waals surface area contributed by atoms with Crippen molar-refractivity contribution in [2.45, 2.75) is 12.5 Å². The summed E-state index contributed by atoms with van der Waals surface area (Å²) in [6.07, 6.45) is 3.87. The third kappa shape index (κ3) is 4.60. The van der Waals surface area contributed by atoms with Crippen molar-refractivity contribution < 1.29 is 14.6 Å². The Morgan fingerprint density at radius 1 is 1.71 bits per heavy atom. The minimum atomic E-state index is -0.893. The van der Waals surface area contributed by atoms with Gasteiger partial charge in [-0.25, -0.2) is 4.79 Å². The second-order valence-electron chi connectivity index (χ2n) is 3.20. The molecule has 0 aromatic rings. The number of ether oxygens (including phenoxy) is 1. The van der Waals surface area contributed by atoms with Crippen LogP contribution in [0, 0.1) is 0 Å². The molecule has 1 fully saturated rings. The first-order valence-electron chi connectivity index (χ1n) is 4.37. The van der Waals surface area contributed by atoms with Gasteiger partial charge in [0.1, 0.15) is 0 Å². The summed E-state index contributed by atoms with van der Waals surface area (Å²) in [6.45, 7) is 2.25. The van der Waals surface area contributed by atoms with E-state index < -0.39 is 5.97 Å². The van der Waals surface area contributed by atoms with Gasteiger partial charge in [-0.2, -0.15) is 0 Å². The molecule has 1 heterocycles. The molecule has 0 amide bonds. The molecule has 0 radical (unpaired) electrons. The maximum Gasteiger partial charge on any atom is 0.328 e. The van der Waals surface area contributed by atoms with Gasteiger partial charge in [0.2, 0.25) is 0 Å². The standard InChI is InChI=1S/C9H15NO3.ClH/c1-10(5-2-3-9(11)12)8-4-6-13-7-8;/h2-3,8H,4-7H2,1H3,(H,11,12);1H/b3-2+;. The fourth-order valence-corrected chi connectivity index (χ4v) is 1.34. The van der Waals surface area contributed by atoms with E-state index in [1.165, 1.54) is 6.08 Å². The van der Waals surface area contributed by atoms with E-state index in [0.717, 1.165) is 19.6 Å². The molecule has 1 aliphatic heterocycles. The van der Waals surface area contributed by atoms with Crippen LogP contribution in [0.15, 0.2) is 12.2 Å². The van der Waals surface area contributed by atoms with Gasteiger partial charge >= 0.3 is 5.97 Å². The summed E-state index contributed by atoms with van der Waals surface area (Å²) >= 11 is 0. The molecule has 1 rings (SSSR count). The Labute approximate surface area is 89.9 Å². The van der Waals surface area contributed by atoms with Crippen LogP contribution in [0.4, 0.5) is 0 Å². The van der Waals surface area contributed by atoms with Gasteiger partial charge in [0.25, 0.3) is 0 Å². The lowest BCUT2D eigenvalue weighted by Gasteiger charge is -2.20. The molecule has 0 aromatic carbocycles. The summed E-state index contributed by atoms with van der Waals surface area (Å²) in [7, 11) is 1.98. The molecule has 0 saturated carbocycles. The highest BCUT2D eigenvalue weighted by molar-refractivity contribution is 5.85. The highest BCUT2D eigenvalue weighted by Crippen LogP contribution is 2.09. The van der Waals surface area contributed by atoms with Gasteiger partial charge in [0, 0.05) is 25.3 Å². The number of aliphatic carboxylic acids is 1. The van der Waals surface area contributed by atoms with Crippen molar-refractivity contribution in [3.05, 3.63) is 12.2 Å². The third-order valence-electron chi connectivity index (χ3n) is 2.18. The molecule has 4 nitrogen and oxygen atoms in total. The summed E-state index contributed by atoms with van der Waals surface area (Å²) in [5, 5.41) is 8.36. The molecule has 1 atom stereocenters. The highest BCUT2D eigenvalue weighted by Gasteiger charge is 2.18. The van der Waals surface area contributed by atoms with Crippen LogP contribution < -0.4 is 0 Å². The van der Waals surface area contributed by atoms with E-state index in [1.54, 1.807) is 6.08 Å². The number of carboxylic acids is 1. The van der Waals surface area contributed by atoms with E-state index in [1.807, 2.05) is 7.05 Å². The van der Waals surface area contributed by atoms with Crippen LogP contribution >= 0.6 is 12.4 Å². The molecule has 82 valence electrons. The number of nitrogens with zero attached hydrogens (tertiary/aromatic N) is 1. The maximum atomic E-state index is 10.2. The average Bonchev–Trinajstić information content (AvgIpc) is 2.55. The van der Waals surface area contributed by atoms with Crippen LogP contribution in [0.3, 0.4) is 0 Å². The number of carbonyl (C=O) groups is 1. The molecule has 14 heavy (non-hydrogen) atoms. The number of hydrogen-bond acceptors (Lipinski definition) is 3. The predicted molar refractivity (Wildman–Crippen MR) is 55.9 cm³/mol. The third-order valence-corrected chi connectivity index (χ3v) is 2.18. The van der Waals surface area contributed by atoms with Gasteiger partial charge in [-0.3, -0.25) is 4.90 Å². The molecule has 0 aromatic heterocycles. The van der Waals surface area contributed by atoms with E-state index in [2.05, 4.69) is 4.90 Å². The Hall–Kier alpha value is -0.580. The van der Waals surface area contributed by atoms with Gasteiger partial charge in [-0.15, -0.1) is 12.4 Å². The fraction of sp³-hybridized carbons (Fsp3) is 0.667. The highest BCUT2D eigenvalue weighted by atomic mass is 35.5. The maximum absolute atomic E-state index is 10.2. The first-order valence-corrected chi connectivity index (χ1v) is 4.37. The lowest BCUT2D eigenvalue weighted by atomic mass is 10.2. The molecule has 1 aliphatic rings. The Bertz CT molecular complexity index is 202. The zero-order valence-electron chi connectivity index (χ0n) is 8.18. The largest absolute Gasteiger partial charge is 0.478 e. The minimum absolute atomic E-state index is 0. The zero-order chi connectivity index (χ0) is 9.68. The molecule has 0 bridgehead atoms. The Balaban J connectivity index is 0.00000169. The van der Waals surface area contributed by atoms with Gasteiger partial charge in [0.15, 0.2) is 0 Å². The van der Waals surface area contributed by atoms with Gasteiger partial charge in [-0.1, -0.05) is 6.08 Å². The monoisotopic (exact) mass is 221 g/mol. The lowest BCUT2D eigenvalue weighted by Crippen LogP contribution is -2.31. The molecule has 5 heteroatoms. The normalized spacial score (nSPS) is 21.4. The Morgan fingerprint density at radius 2 is 2.43 bits per heavy atom. The van der Waals surface area contributed by atoms with E-state index >= 15 is 0 Å². The molecule has 0 aliphatic carbocycles. The number of hydrogen-bond donors (Lipinski definition) is 1. The van der Waals surface area contributed by atoms with E-state index in [-0.39, 0.29) is 12.4 Å². The van der Waals surface area contributed by atoms with Crippen molar-refractivity contribution in [2.75, 3.05) is 26.8 Å². The summed E-state index contributed by atoms with van der Waals surface area (Å²) in [5.41, 5.74) is 0. The number of halogens is 1. The molecule has 1 N–H and O–H groups in total. The first-order chi connectivity index (χ1) is 6.20. The second kappa shape index (κ2) is 6.81. The predicted octanol–water partition coefficient (Wildman–Crippen LogP) is 0.770. The van der Waals surface area contributed by atoms with Crippen molar-refractivity contribution >= 4 is 18.4 Å². The van der Waals surface area contributed by atoms with Crippen LogP contribution in [0.1, 0.15) is 6.42 Å². The van der Waals surface area contributed by atoms with Crippen molar-refractivity contribution in [2.24, 2.45) is 0 Å². The van der Waals surface area contributed by atoms with Crippen molar-refractivity contribution in [3.63, 3.8) is 0 Å². The van der Waals surface area contributed by atoms with Crippen molar-refractivity contribution in [1.29, 1.82) is 0 Å². The molecular formula is C9H16ClNO3.